The molecule has 5 heteroatoms. The molecule has 0 amide bonds. The molecule has 17 heavy (non-hydrogen) atoms. The minimum atomic E-state index is -0.358. The Balaban J connectivity index is 2.14. The van der Waals surface area contributed by atoms with Crippen LogP contribution in [0.2, 0.25) is 0 Å². The van der Waals surface area contributed by atoms with Gasteiger partial charge in [0, 0.05) is 6.54 Å². The van der Waals surface area contributed by atoms with Crippen molar-refractivity contribution in [2.24, 2.45) is 0 Å². The fourth-order valence-electron chi connectivity index (χ4n) is 1.34. The van der Waals surface area contributed by atoms with E-state index >= 15 is 0 Å². The summed E-state index contributed by atoms with van der Waals surface area (Å²) in [7, 11) is 0. The van der Waals surface area contributed by atoms with E-state index in [0.717, 1.165) is 18.8 Å². The lowest BCUT2D eigenvalue weighted by Gasteiger charge is -2.03. The molecule has 1 N–H and O–H groups in total. The van der Waals surface area contributed by atoms with E-state index in [1.165, 1.54) is 12.3 Å². The first-order valence-electron chi connectivity index (χ1n) is 5.49. The molecular weight excluding hydrogens is 219 g/mol. The van der Waals surface area contributed by atoms with Crippen LogP contribution >= 0.6 is 0 Å². The van der Waals surface area contributed by atoms with Gasteiger partial charge in [-0.25, -0.2) is 4.39 Å². The second kappa shape index (κ2) is 5.34. The maximum atomic E-state index is 12.7. The smallest absolute Gasteiger partial charge is 0.148 e. The molecule has 0 saturated heterocycles. The predicted octanol–water partition coefficient (Wildman–Crippen LogP) is 2.50. The Kier molecular flexibility index (Phi) is 3.59. The molecule has 2 aromatic heterocycles. The quantitative estimate of drug-likeness (QED) is 0.879. The molecule has 0 spiro atoms. The summed E-state index contributed by atoms with van der Waals surface area (Å²) in [6.07, 6.45) is 2.20. The van der Waals surface area contributed by atoms with Crippen LogP contribution in [0.25, 0.3) is 11.4 Å². The van der Waals surface area contributed by atoms with Crippen LogP contribution in [0.15, 0.2) is 30.5 Å². The number of rotatable bonds is 4. The third kappa shape index (κ3) is 2.96. The molecule has 0 atom stereocenters. The summed E-state index contributed by atoms with van der Waals surface area (Å²) in [5.41, 5.74) is 1.24. The van der Waals surface area contributed by atoms with Gasteiger partial charge < -0.3 is 5.32 Å². The fraction of sp³-hybridized carbons (Fsp3) is 0.250. The number of hydrogen-bond acceptors (Lipinski definition) is 4. The van der Waals surface area contributed by atoms with Crippen molar-refractivity contribution in [3.8, 4) is 11.4 Å². The third-order valence-electron chi connectivity index (χ3n) is 2.21. The highest BCUT2D eigenvalue weighted by Crippen LogP contribution is 2.14. The molecule has 0 aliphatic rings. The minimum Gasteiger partial charge on any atom is -0.369 e. The molecule has 0 radical (unpaired) electrons. The van der Waals surface area contributed by atoms with Crippen molar-refractivity contribution in [2.45, 2.75) is 13.3 Å². The Bertz CT molecular complexity index is 467. The van der Waals surface area contributed by atoms with Crippen LogP contribution < -0.4 is 5.32 Å². The average Bonchev–Trinajstić information content (AvgIpc) is 2.38. The minimum absolute atomic E-state index is 0.358. The molecule has 2 aromatic rings. The van der Waals surface area contributed by atoms with Crippen LogP contribution in [0.3, 0.4) is 0 Å². The van der Waals surface area contributed by atoms with Gasteiger partial charge in [0.15, 0.2) is 0 Å². The zero-order valence-electron chi connectivity index (χ0n) is 9.52. The number of hydrogen-bond donors (Lipinski definition) is 1. The van der Waals surface area contributed by atoms with E-state index in [0.29, 0.717) is 11.4 Å². The van der Waals surface area contributed by atoms with Gasteiger partial charge in [0.1, 0.15) is 17.3 Å². The number of pyridine rings is 1. The Hall–Kier alpha value is -2.04. The van der Waals surface area contributed by atoms with Crippen molar-refractivity contribution in [3.63, 3.8) is 0 Å². The Morgan fingerprint density at radius 3 is 2.53 bits per heavy atom. The monoisotopic (exact) mass is 232 g/mol. The molecule has 4 nitrogen and oxygen atoms in total. The molecule has 0 aliphatic carbocycles. The van der Waals surface area contributed by atoms with E-state index in [-0.39, 0.29) is 5.82 Å². The van der Waals surface area contributed by atoms with Crippen molar-refractivity contribution < 1.29 is 4.39 Å². The van der Waals surface area contributed by atoms with Gasteiger partial charge in [0.25, 0.3) is 0 Å². The van der Waals surface area contributed by atoms with Gasteiger partial charge in [-0.1, -0.05) is 6.92 Å². The number of halogens is 1. The fourth-order valence-corrected chi connectivity index (χ4v) is 1.34. The van der Waals surface area contributed by atoms with Gasteiger partial charge in [-0.05, 0) is 30.7 Å². The molecule has 0 saturated carbocycles. The molecular formula is C12H13FN4. The van der Waals surface area contributed by atoms with Crippen molar-refractivity contribution in [1.29, 1.82) is 0 Å². The predicted molar refractivity (Wildman–Crippen MR) is 64.0 cm³/mol. The van der Waals surface area contributed by atoms with E-state index in [1.807, 2.05) is 12.1 Å². The van der Waals surface area contributed by atoms with Gasteiger partial charge in [-0.2, -0.15) is 0 Å². The highest BCUT2D eigenvalue weighted by Gasteiger charge is 2.02. The maximum Gasteiger partial charge on any atom is 0.148 e. The number of aromatic nitrogens is 3. The van der Waals surface area contributed by atoms with E-state index in [4.69, 9.17) is 0 Å². The van der Waals surface area contributed by atoms with E-state index in [1.54, 1.807) is 6.07 Å². The van der Waals surface area contributed by atoms with E-state index in [9.17, 15) is 4.39 Å². The number of nitrogens with zero attached hydrogens (tertiary/aromatic N) is 3. The molecule has 88 valence electrons. The Labute approximate surface area is 98.9 Å². The SMILES string of the molecule is CCCNc1ccc(-c2ccc(F)cn2)nn1. The van der Waals surface area contributed by atoms with Crippen LogP contribution in [0, 0.1) is 5.82 Å². The van der Waals surface area contributed by atoms with Crippen molar-refractivity contribution in [1.82, 2.24) is 15.2 Å². The normalized spacial score (nSPS) is 10.2. The topological polar surface area (TPSA) is 50.7 Å². The van der Waals surface area contributed by atoms with Gasteiger partial charge >= 0.3 is 0 Å². The van der Waals surface area contributed by atoms with E-state index in [2.05, 4.69) is 27.4 Å². The Morgan fingerprint density at radius 2 is 1.94 bits per heavy atom. The highest BCUT2D eigenvalue weighted by molar-refractivity contribution is 5.54. The van der Waals surface area contributed by atoms with Crippen LogP contribution in [0.1, 0.15) is 13.3 Å². The first-order chi connectivity index (χ1) is 8.29. The summed E-state index contributed by atoms with van der Waals surface area (Å²) in [5, 5.41) is 11.2. The lowest BCUT2D eigenvalue weighted by Crippen LogP contribution is -2.03. The first kappa shape index (κ1) is 11.4. The number of nitrogens with one attached hydrogen (secondary N) is 1. The van der Waals surface area contributed by atoms with Crippen molar-refractivity contribution >= 4 is 5.82 Å². The van der Waals surface area contributed by atoms with Gasteiger partial charge in [-0.15, -0.1) is 10.2 Å². The number of anilines is 1. The van der Waals surface area contributed by atoms with Crippen LogP contribution in [-0.4, -0.2) is 21.7 Å². The van der Waals surface area contributed by atoms with Gasteiger partial charge in [0.05, 0.1) is 11.9 Å². The zero-order valence-corrected chi connectivity index (χ0v) is 9.52. The highest BCUT2D eigenvalue weighted by atomic mass is 19.1. The van der Waals surface area contributed by atoms with Gasteiger partial charge in [0.2, 0.25) is 0 Å². The lowest BCUT2D eigenvalue weighted by molar-refractivity contribution is 0.621. The van der Waals surface area contributed by atoms with E-state index < -0.39 is 0 Å². The summed E-state index contributed by atoms with van der Waals surface area (Å²) in [5.74, 6) is 0.376. The standard InChI is InChI=1S/C12H13FN4/c1-2-7-14-12-6-5-11(16-17-12)10-4-3-9(13)8-15-10/h3-6,8H,2,7H2,1H3,(H,14,17). The molecule has 0 aromatic carbocycles. The second-order valence-electron chi connectivity index (χ2n) is 3.59. The van der Waals surface area contributed by atoms with Crippen molar-refractivity contribution in [2.75, 3.05) is 11.9 Å². The summed E-state index contributed by atoms with van der Waals surface area (Å²) >= 11 is 0. The maximum absolute atomic E-state index is 12.7. The summed E-state index contributed by atoms with van der Waals surface area (Å²) in [6, 6.07) is 6.58. The molecule has 0 bridgehead atoms. The third-order valence-corrected chi connectivity index (χ3v) is 2.21. The van der Waals surface area contributed by atoms with Gasteiger partial charge in [-0.3, -0.25) is 4.98 Å². The first-order valence-corrected chi connectivity index (χ1v) is 5.49. The largest absolute Gasteiger partial charge is 0.369 e. The van der Waals surface area contributed by atoms with Crippen LogP contribution in [0.4, 0.5) is 10.2 Å². The molecule has 2 rings (SSSR count). The summed E-state index contributed by atoms with van der Waals surface area (Å²) in [4.78, 5) is 3.94. The summed E-state index contributed by atoms with van der Waals surface area (Å²) < 4.78 is 12.7. The molecule has 0 aliphatic heterocycles. The molecule has 0 fully saturated rings. The lowest BCUT2D eigenvalue weighted by atomic mass is 10.2. The average molecular weight is 232 g/mol. The Morgan fingerprint density at radius 1 is 1.12 bits per heavy atom. The molecule has 2 heterocycles. The van der Waals surface area contributed by atoms with Crippen molar-refractivity contribution in [3.05, 3.63) is 36.3 Å². The summed E-state index contributed by atoms with van der Waals surface area (Å²) in [6.45, 7) is 2.94. The van der Waals surface area contributed by atoms with Crippen LogP contribution in [0.5, 0.6) is 0 Å². The zero-order chi connectivity index (χ0) is 12.1. The second-order valence-corrected chi connectivity index (χ2v) is 3.59. The molecule has 0 unspecified atom stereocenters. The van der Waals surface area contributed by atoms with Crippen LogP contribution in [-0.2, 0) is 0 Å².